The molecular weight excluding hydrogens is 284 g/mol. The van der Waals surface area contributed by atoms with E-state index >= 15 is 0 Å². The molecule has 0 saturated carbocycles. The second-order valence-electron chi connectivity index (χ2n) is 6.16. The van der Waals surface area contributed by atoms with Gasteiger partial charge in [-0.2, -0.15) is 9.57 Å². The minimum atomic E-state index is -3.50. The van der Waals surface area contributed by atoms with Gasteiger partial charge in [0.1, 0.15) is 0 Å². The summed E-state index contributed by atoms with van der Waals surface area (Å²) in [6.45, 7) is 7.27. The quantitative estimate of drug-likeness (QED) is 0.862. The molecule has 0 atom stereocenters. The Morgan fingerprint density at radius 2 is 1.95 bits per heavy atom. The van der Waals surface area contributed by atoms with E-state index in [0.717, 1.165) is 19.3 Å². The second kappa shape index (κ2) is 5.78. The lowest BCUT2D eigenvalue weighted by Gasteiger charge is -2.38. The SMILES string of the molecule is CCC1(C)CCN(S(=O)(=O)c2cc(C#N)ccc2C)CC1. The van der Waals surface area contributed by atoms with Crippen LogP contribution in [0.4, 0.5) is 0 Å². The fraction of sp³-hybridized carbons (Fsp3) is 0.562. The maximum Gasteiger partial charge on any atom is 0.243 e. The van der Waals surface area contributed by atoms with Crippen LogP contribution in [0.3, 0.4) is 0 Å². The predicted octanol–water partition coefficient (Wildman–Crippen LogP) is 3.07. The molecule has 114 valence electrons. The monoisotopic (exact) mass is 306 g/mol. The molecule has 5 heteroatoms. The Morgan fingerprint density at radius 1 is 1.33 bits per heavy atom. The molecule has 2 rings (SSSR count). The highest BCUT2D eigenvalue weighted by atomic mass is 32.2. The van der Waals surface area contributed by atoms with Gasteiger partial charge >= 0.3 is 0 Å². The molecule has 0 bridgehead atoms. The highest BCUT2D eigenvalue weighted by Gasteiger charge is 2.34. The molecule has 1 fully saturated rings. The molecule has 0 aliphatic carbocycles. The smallest absolute Gasteiger partial charge is 0.207 e. The molecule has 0 aromatic heterocycles. The number of nitriles is 1. The van der Waals surface area contributed by atoms with Crippen LogP contribution in [-0.2, 0) is 10.0 Å². The summed E-state index contributed by atoms with van der Waals surface area (Å²) in [5.74, 6) is 0. The summed E-state index contributed by atoms with van der Waals surface area (Å²) in [6.07, 6.45) is 2.85. The zero-order chi connectivity index (χ0) is 15.7. The summed E-state index contributed by atoms with van der Waals surface area (Å²) in [5, 5.41) is 8.97. The van der Waals surface area contributed by atoms with E-state index in [1.807, 2.05) is 6.07 Å². The standard InChI is InChI=1S/C16H22N2O2S/c1-4-16(3)7-9-18(10-8-16)21(19,20)15-11-14(12-17)6-5-13(15)2/h5-6,11H,4,7-10H2,1-3H3. The van der Waals surface area contributed by atoms with E-state index < -0.39 is 10.0 Å². The van der Waals surface area contributed by atoms with Crippen molar-refractivity contribution >= 4 is 10.0 Å². The van der Waals surface area contributed by atoms with E-state index in [4.69, 9.17) is 5.26 Å². The average Bonchev–Trinajstić information content (AvgIpc) is 2.48. The van der Waals surface area contributed by atoms with Crippen LogP contribution in [0.15, 0.2) is 23.1 Å². The van der Waals surface area contributed by atoms with Crippen LogP contribution in [-0.4, -0.2) is 25.8 Å². The first-order chi connectivity index (χ1) is 9.82. The molecule has 0 radical (unpaired) electrons. The molecule has 1 aromatic carbocycles. The minimum Gasteiger partial charge on any atom is -0.207 e. The maximum absolute atomic E-state index is 12.8. The van der Waals surface area contributed by atoms with Gasteiger partial charge in [0.05, 0.1) is 16.5 Å². The average molecular weight is 306 g/mol. The number of hydrogen-bond donors (Lipinski definition) is 0. The topological polar surface area (TPSA) is 61.2 Å². The van der Waals surface area contributed by atoms with Crippen LogP contribution < -0.4 is 0 Å². The van der Waals surface area contributed by atoms with Gasteiger partial charge in [0.2, 0.25) is 10.0 Å². The van der Waals surface area contributed by atoms with Crippen molar-refractivity contribution < 1.29 is 8.42 Å². The van der Waals surface area contributed by atoms with E-state index in [1.54, 1.807) is 23.4 Å². The summed E-state index contributed by atoms with van der Waals surface area (Å²) in [6, 6.07) is 6.84. The molecule has 1 saturated heterocycles. The van der Waals surface area contributed by atoms with E-state index in [1.165, 1.54) is 6.07 Å². The third-order valence-electron chi connectivity index (χ3n) is 4.72. The van der Waals surface area contributed by atoms with Crippen LogP contribution in [0, 0.1) is 23.7 Å². The van der Waals surface area contributed by atoms with Gasteiger partial charge < -0.3 is 0 Å². The Bertz CT molecular complexity index is 666. The van der Waals surface area contributed by atoms with Gasteiger partial charge in [0.15, 0.2) is 0 Å². The Kier molecular flexibility index (Phi) is 4.40. The molecule has 21 heavy (non-hydrogen) atoms. The molecule has 4 nitrogen and oxygen atoms in total. The second-order valence-corrected chi connectivity index (χ2v) is 8.07. The molecule has 0 amide bonds. The van der Waals surface area contributed by atoms with E-state index in [2.05, 4.69) is 13.8 Å². The number of nitrogens with zero attached hydrogens (tertiary/aromatic N) is 2. The van der Waals surface area contributed by atoms with Crippen LogP contribution in [0.5, 0.6) is 0 Å². The lowest BCUT2D eigenvalue weighted by molar-refractivity contribution is 0.169. The van der Waals surface area contributed by atoms with Crippen molar-refractivity contribution in [3.63, 3.8) is 0 Å². The fourth-order valence-electron chi connectivity index (χ4n) is 2.71. The van der Waals surface area contributed by atoms with Gasteiger partial charge in [-0.15, -0.1) is 0 Å². The summed E-state index contributed by atoms with van der Waals surface area (Å²) < 4.78 is 27.1. The van der Waals surface area contributed by atoms with Gasteiger partial charge in [-0.25, -0.2) is 8.42 Å². The van der Waals surface area contributed by atoms with Crippen molar-refractivity contribution in [1.29, 1.82) is 5.26 Å². The van der Waals surface area contributed by atoms with Gasteiger partial charge in [0, 0.05) is 13.1 Å². The van der Waals surface area contributed by atoms with E-state index in [9.17, 15) is 8.42 Å². The van der Waals surface area contributed by atoms with Crippen molar-refractivity contribution in [2.24, 2.45) is 5.41 Å². The van der Waals surface area contributed by atoms with Gasteiger partial charge in [-0.05, 0) is 42.9 Å². The number of benzene rings is 1. The van der Waals surface area contributed by atoms with Crippen molar-refractivity contribution in [3.8, 4) is 6.07 Å². The summed E-state index contributed by atoms with van der Waals surface area (Å²) in [7, 11) is -3.50. The van der Waals surface area contributed by atoms with Crippen LogP contribution >= 0.6 is 0 Å². The largest absolute Gasteiger partial charge is 0.243 e. The Hall–Kier alpha value is -1.38. The van der Waals surface area contributed by atoms with E-state index in [-0.39, 0.29) is 10.3 Å². The highest BCUT2D eigenvalue weighted by molar-refractivity contribution is 7.89. The van der Waals surface area contributed by atoms with Crippen molar-refractivity contribution in [2.45, 2.75) is 44.9 Å². The van der Waals surface area contributed by atoms with Crippen LogP contribution in [0.2, 0.25) is 0 Å². The van der Waals surface area contributed by atoms with Crippen molar-refractivity contribution in [2.75, 3.05) is 13.1 Å². The van der Waals surface area contributed by atoms with Gasteiger partial charge in [0.25, 0.3) is 0 Å². The molecule has 1 aliphatic rings. The Labute approximate surface area is 127 Å². The van der Waals surface area contributed by atoms with Crippen LogP contribution in [0.25, 0.3) is 0 Å². The number of sulfonamides is 1. The number of aryl methyl sites for hydroxylation is 1. The molecular formula is C16H22N2O2S. The fourth-order valence-corrected chi connectivity index (χ4v) is 4.40. The third-order valence-corrected chi connectivity index (χ3v) is 6.76. The summed E-state index contributed by atoms with van der Waals surface area (Å²) >= 11 is 0. The van der Waals surface area contributed by atoms with Gasteiger partial charge in [-0.3, -0.25) is 0 Å². The lowest BCUT2D eigenvalue weighted by Crippen LogP contribution is -2.42. The Morgan fingerprint density at radius 3 is 2.48 bits per heavy atom. The molecule has 1 aliphatic heterocycles. The highest BCUT2D eigenvalue weighted by Crippen LogP contribution is 2.36. The first kappa shape index (κ1) is 16.0. The number of rotatable bonds is 3. The van der Waals surface area contributed by atoms with Crippen molar-refractivity contribution in [3.05, 3.63) is 29.3 Å². The van der Waals surface area contributed by atoms with Crippen molar-refractivity contribution in [1.82, 2.24) is 4.31 Å². The van der Waals surface area contributed by atoms with Gasteiger partial charge in [-0.1, -0.05) is 26.3 Å². The Balaban J connectivity index is 2.30. The molecule has 0 unspecified atom stereocenters. The normalized spacial score (nSPS) is 19.1. The molecule has 0 N–H and O–H groups in total. The first-order valence-corrected chi connectivity index (χ1v) is 8.77. The maximum atomic E-state index is 12.8. The summed E-state index contributed by atoms with van der Waals surface area (Å²) in [4.78, 5) is 0.265. The molecule has 1 heterocycles. The first-order valence-electron chi connectivity index (χ1n) is 7.33. The molecule has 1 aromatic rings. The zero-order valence-corrected chi connectivity index (χ0v) is 13.7. The summed E-state index contributed by atoms with van der Waals surface area (Å²) in [5.41, 5.74) is 1.32. The van der Waals surface area contributed by atoms with E-state index in [0.29, 0.717) is 24.2 Å². The number of piperidine rings is 1. The molecule has 0 spiro atoms. The third kappa shape index (κ3) is 3.12. The number of hydrogen-bond acceptors (Lipinski definition) is 3. The minimum absolute atomic E-state index is 0.246. The lowest BCUT2D eigenvalue weighted by atomic mass is 9.79. The van der Waals surface area contributed by atoms with Crippen LogP contribution in [0.1, 0.15) is 44.2 Å². The zero-order valence-electron chi connectivity index (χ0n) is 12.9. The predicted molar refractivity (Wildman–Crippen MR) is 82.3 cm³/mol.